The van der Waals surface area contributed by atoms with Crippen LogP contribution in [0.3, 0.4) is 0 Å². The van der Waals surface area contributed by atoms with Crippen LogP contribution in [0.2, 0.25) is 5.02 Å². The first kappa shape index (κ1) is 21.8. The Hall–Kier alpha value is -3.98. The van der Waals surface area contributed by atoms with Crippen LogP contribution in [0.5, 0.6) is 11.5 Å². The molecule has 0 atom stereocenters. The van der Waals surface area contributed by atoms with Crippen LogP contribution in [-0.2, 0) is 14.1 Å². The second-order valence-electron chi connectivity index (χ2n) is 7.79. The maximum Gasteiger partial charge on any atom is 0.332 e. The Morgan fingerprint density at radius 2 is 1.76 bits per heavy atom. The van der Waals surface area contributed by atoms with Crippen molar-refractivity contribution < 1.29 is 9.47 Å². The molecule has 0 bridgehead atoms. The normalized spacial score (nSPS) is 11.4. The highest BCUT2D eigenvalue weighted by atomic mass is 35.5. The second kappa shape index (κ2) is 8.11. The summed E-state index contributed by atoms with van der Waals surface area (Å²) in [5, 5.41) is 0.475. The number of ether oxygens (including phenoxy) is 2. The van der Waals surface area contributed by atoms with Gasteiger partial charge in [-0.15, -0.1) is 0 Å². The SMILES string of the molecule is CCOc1ccc(-c2cn3c4c(=O)n(C)c(=O)n(C)c4nc3n2-c2ccc(OC)cc2)cc1Cl. The average Bonchev–Trinajstić information content (AvgIpc) is 3.39. The molecule has 0 aliphatic heterocycles. The molecule has 0 saturated carbocycles. The van der Waals surface area contributed by atoms with Gasteiger partial charge in [-0.25, -0.2) is 4.79 Å². The summed E-state index contributed by atoms with van der Waals surface area (Å²) in [4.78, 5) is 30.2. The van der Waals surface area contributed by atoms with Crippen LogP contribution in [-0.4, -0.2) is 36.8 Å². The predicted octanol–water partition coefficient (Wildman–Crippen LogP) is 3.40. The minimum Gasteiger partial charge on any atom is -0.497 e. The molecule has 0 aliphatic carbocycles. The Morgan fingerprint density at radius 3 is 2.41 bits per heavy atom. The van der Waals surface area contributed by atoms with E-state index in [4.69, 9.17) is 26.1 Å². The third-order valence-electron chi connectivity index (χ3n) is 5.82. The zero-order valence-electron chi connectivity index (χ0n) is 19.1. The first-order valence-corrected chi connectivity index (χ1v) is 11.0. The fourth-order valence-corrected chi connectivity index (χ4v) is 4.33. The Kier molecular flexibility index (Phi) is 5.21. The largest absolute Gasteiger partial charge is 0.497 e. The van der Waals surface area contributed by atoms with E-state index in [0.717, 1.165) is 21.5 Å². The third-order valence-corrected chi connectivity index (χ3v) is 6.12. The Balaban J connectivity index is 1.87. The van der Waals surface area contributed by atoms with E-state index in [1.165, 1.54) is 11.6 Å². The predicted molar refractivity (Wildman–Crippen MR) is 131 cm³/mol. The highest BCUT2D eigenvalue weighted by Crippen LogP contribution is 2.34. The number of benzene rings is 2. The molecular formula is C24H22ClN5O4. The van der Waals surface area contributed by atoms with Crippen LogP contribution in [0.15, 0.2) is 58.3 Å². The molecule has 0 N–H and O–H groups in total. The van der Waals surface area contributed by atoms with E-state index < -0.39 is 11.2 Å². The summed E-state index contributed by atoms with van der Waals surface area (Å²) in [5.41, 5.74) is 2.13. The fraction of sp³-hybridized carbons (Fsp3) is 0.208. The highest BCUT2D eigenvalue weighted by Gasteiger charge is 2.22. The van der Waals surface area contributed by atoms with Gasteiger partial charge in [0.05, 0.1) is 24.4 Å². The van der Waals surface area contributed by atoms with E-state index in [1.807, 2.05) is 60.2 Å². The van der Waals surface area contributed by atoms with Gasteiger partial charge < -0.3 is 9.47 Å². The molecular weight excluding hydrogens is 458 g/mol. The number of halogens is 1. The lowest BCUT2D eigenvalue weighted by Gasteiger charge is -2.12. The fourth-order valence-electron chi connectivity index (χ4n) is 4.09. The molecule has 0 saturated heterocycles. The van der Waals surface area contributed by atoms with Crippen molar-refractivity contribution >= 4 is 28.5 Å². The second-order valence-corrected chi connectivity index (χ2v) is 8.19. The molecule has 5 aromatic rings. The van der Waals surface area contributed by atoms with E-state index in [-0.39, 0.29) is 0 Å². The van der Waals surface area contributed by atoms with Crippen LogP contribution < -0.4 is 20.7 Å². The number of aryl methyl sites for hydroxylation is 1. The van der Waals surface area contributed by atoms with Crippen molar-refractivity contribution in [3.63, 3.8) is 0 Å². The quantitative estimate of drug-likeness (QED) is 0.386. The third kappa shape index (κ3) is 3.19. The summed E-state index contributed by atoms with van der Waals surface area (Å²) in [6.45, 7) is 2.40. The van der Waals surface area contributed by atoms with E-state index in [0.29, 0.717) is 40.1 Å². The van der Waals surface area contributed by atoms with Crippen LogP contribution in [0, 0.1) is 0 Å². The van der Waals surface area contributed by atoms with Gasteiger partial charge in [-0.3, -0.25) is 22.9 Å². The molecule has 0 spiro atoms. The molecule has 3 aromatic heterocycles. The molecule has 0 amide bonds. The monoisotopic (exact) mass is 479 g/mol. The maximum atomic E-state index is 13.0. The van der Waals surface area contributed by atoms with Gasteiger partial charge in [0, 0.05) is 31.5 Å². The van der Waals surface area contributed by atoms with Gasteiger partial charge in [0.15, 0.2) is 11.2 Å². The summed E-state index contributed by atoms with van der Waals surface area (Å²) in [6.07, 6.45) is 1.83. The van der Waals surface area contributed by atoms with Crippen molar-refractivity contribution in [3.05, 3.63) is 74.5 Å². The number of hydrogen-bond acceptors (Lipinski definition) is 5. The molecule has 2 aromatic carbocycles. The summed E-state index contributed by atoms with van der Waals surface area (Å²) in [5.74, 6) is 1.79. The lowest BCUT2D eigenvalue weighted by Crippen LogP contribution is -2.37. The van der Waals surface area contributed by atoms with Gasteiger partial charge in [-0.05, 0) is 49.4 Å². The number of imidazole rings is 2. The number of fused-ring (bicyclic) bond motifs is 3. The number of rotatable bonds is 5. The zero-order chi connectivity index (χ0) is 24.1. The Bertz CT molecular complexity index is 1670. The molecule has 174 valence electrons. The molecule has 0 aliphatic rings. The Morgan fingerprint density at radius 1 is 1.03 bits per heavy atom. The van der Waals surface area contributed by atoms with Crippen LogP contribution >= 0.6 is 11.6 Å². The van der Waals surface area contributed by atoms with Gasteiger partial charge in [0.25, 0.3) is 5.56 Å². The van der Waals surface area contributed by atoms with Gasteiger partial charge in [-0.2, -0.15) is 4.98 Å². The summed E-state index contributed by atoms with van der Waals surface area (Å²) >= 11 is 6.48. The van der Waals surface area contributed by atoms with E-state index in [1.54, 1.807) is 18.6 Å². The molecule has 10 heteroatoms. The number of methoxy groups -OCH3 is 1. The van der Waals surface area contributed by atoms with Gasteiger partial charge in [0.2, 0.25) is 5.78 Å². The average molecular weight is 480 g/mol. The van der Waals surface area contributed by atoms with Crippen molar-refractivity contribution in [1.29, 1.82) is 0 Å². The number of aromatic nitrogens is 5. The minimum absolute atomic E-state index is 0.307. The van der Waals surface area contributed by atoms with E-state index >= 15 is 0 Å². The smallest absolute Gasteiger partial charge is 0.332 e. The highest BCUT2D eigenvalue weighted by molar-refractivity contribution is 6.32. The standard InChI is InChI=1S/C24H22ClN5O4/c1-5-34-19-11-6-14(12-17(19)25)18-13-29-20-21(27(2)24(32)28(3)22(20)31)26-23(29)30(18)15-7-9-16(33-4)10-8-15/h6-13H,5H2,1-4H3. The van der Waals surface area contributed by atoms with Gasteiger partial charge in [0.1, 0.15) is 11.5 Å². The first-order valence-electron chi connectivity index (χ1n) is 10.6. The van der Waals surface area contributed by atoms with Gasteiger partial charge >= 0.3 is 5.69 Å². The van der Waals surface area contributed by atoms with Crippen molar-refractivity contribution in [2.24, 2.45) is 14.1 Å². The van der Waals surface area contributed by atoms with Crippen molar-refractivity contribution in [2.45, 2.75) is 6.92 Å². The van der Waals surface area contributed by atoms with Gasteiger partial charge in [-0.1, -0.05) is 11.6 Å². The molecule has 0 unspecified atom stereocenters. The lowest BCUT2D eigenvalue weighted by atomic mass is 10.1. The molecule has 9 nitrogen and oxygen atoms in total. The van der Waals surface area contributed by atoms with Crippen LogP contribution in [0.25, 0.3) is 33.9 Å². The summed E-state index contributed by atoms with van der Waals surface area (Å²) in [6, 6.07) is 13.0. The van der Waals surface area contributed by atoms with Crippen LogP contribution in [0.1, 0.15) is 6.92 Å². The summed E-state index contributed by atoms with van der Waals surface area (Å²) in [7, 11) is 4.66. The van der Waals surface area contributed by atoms with Crippen molar-refractivity contribution in [2.75, 3.05) is 13.7 Å². The first-order chi connectivity index (χ1) is 16.3. The van der Waals surface area contributed by atoms with Crippen LogP contribution in [0.4, 0.5) is 0 Å². The van der Waals surface area contributed by atoms with E-state index in [9.17, 15) is 9.59 Å². The number of hydrogen-bond donors (Lipinski definition) is 0. The van der Waals surface area contributed by atoms with Crippen molar-refractivity contribution in [1.82, 2.24) is 23.1 Å². The molecule has 5 rings (SSSR count). The lowest BCUT2D eigenvalue weighted by molar-refractivity contribution is 0.340. The Labute approximate surface area is 199 Å². The molecule has 3 heterocycles. The molecule has 0 fully saturated rings. The topological polar surface area (TPSA) is 84.7 Å². The molecule has 34 heavy (non-hydrogen) atoms. The minimum atomic E-state index is -0.437. The van der Waals surface area contributed by atoms with E-state index in [2.05, 4.69) is 0 Å². The summed E-state index contributed by atoms with van der Waals surface area (Å²) < 4.78 is 16.9. The number of nitrogens with zero attached hydrogens (tertiary/aromatic N) is 5. The zero-order valence-corrected chi connectivity index (χ0v) is 19.8. The van der Waals surface area contributed by atoms with Crippen molar-refractivity contribution in [3.8, 4) is 28.4 Å². The molecule has 0 radical (unpaired) electrons. The maximum absolute atomic E-state index is 13.0.